The van der Waals surface area contributed by atoms with Crippen molar-refractivity contribution in [3.05, 3.63) is 71.4 Å². The lowest BCUT2D eigenvalue weighted by atomic mass is 10.0. The molecule has 0 amide bonds. The number of hydrogen-bond acceptors (Lipinski definition) is 3. The van der Waals surface area contributed by atoms with E-state index in [4.69, 9.17) is 4.74 Å². The monoisotopic (exact) mass is 335 g/mol. The van der Waals surface area contributed by atoms with E-state index in [2.05, 4.69) is 11.9 Å². The van der Waals surface area contributed by atoms with Crippen LogP contribution in [0.3, 0.4) is 0 Å². The second-order valence-electron chi connectivity index (χ2n) is 6.51. The topological polar surface area (TPSA) is 42.4 Å². The lowest BCUT2D eigenvalue weighted by Crippen LogP contribution is -2.01. The third kappa shape index (κ3) is 4.37. The van der Waals surface area contributed by atoms with Gasteiger partial charge in [-0.3, -0.25) is 4.98 Å². The first-order valence-corrected chi connectivity index (χ1v) is 8.92. The van der Waals surface area contributed by atoms with Crippen LogP contribution in [0.5, 0.6) is 5.75 Å². The predicted octanol–water partition coefficient (Wildman–Crippen LogP) is 5.35. The van der Waals surface area contributed by atoms with Crippen LogP contribution < -0.4 is 4.74 Å². The molecule has 3 rings (SSSR count). The van der Waals surface area contributed by atoms with Crippen LogP contribution >= 0.6 is 0 Å². The van der Waals surface area contributed by atoms with Crippen LogP contribution in [0.25, 0.3) is 10.9 Å². The minimum absolute atomic E-state index is 0.395. The number of aromatic nitrogens is 1. The molecule has 1 unspecified atom stereocenters. The highest BCUT2D eigenvalue weighted by Gasteiger charge is 2.08. The van der Waals surface area contributed by atoms with Gasteiger partial charge in [-0.05, 0) is 54.3 Å². The summed E-state index contributed by atoms with van der Waals surface area (Å²) in [5, 5.41) is 11.4. The molecule has 0 saturated heterocycles. The van der Waals surface area contributed by atoms with Gasteiger partial charge >= 0.3 is 0 Å². The molecule has 3 nitrogen and oxygen atoms in total. The summed E-state index contributed by atoms with van der Waals surface area (Å²) in [6.45, 7) is 4.67. The van der Waals surface area contributed by atoms with E-state index >= 15 is 0 Å². The molecule has 1 aromatic heterocycles. The Balaban J connectivity index is 1.71. The molecule has 0 bridgehead atoms. The van der Waals surface area contributed by atoms with Crippen LogP contribution in [0, 0.1) is 6.92 Å². The molecule has 2 aromatic carbocycles. The summed E-state index contributed by atoms with van der Waals surface area (Å²) in [5.74, 6) is 0.843. The Morgan fingerprint density at radius 1 is 1.12 bits per heavy atom. The summed E-state index contributed by atoms with van der Waals surface area (Å²) >= 11 is 0. The normalized spacial score (nSPS) is 12.3. The van der Waals surface area contributed by atoms with Crippen LogP contribution in [0.2, 0.25) is 0 Å². The van der Waals surface area contributed by atoms with E-state index in [-0.39, 0.29) is 0 Å². The van der Waals surface area contributed by atoms with E-state index in [1.807, 2.05) is 61.7 Å². The molecule has 0 aliphatic heterocycles. The van der Waals surface area contributed by atoms with Gasteiger partial charge in [0.1, 0.15) is 12.4 Å². The molecule has 3 aromatic rings. The molecule has 3 heteroatoms. The smallest absolute Gasteiger partial charge is 0.120 e. The van der Waals surface area contributed by atoms with Gasteiger partial charge in [-0.1, -0.05) is 44.0 Å². The van der Waals surface area contributed by atoms with Crippen molar-refractivity contribution < 1.29 is 9.84 Å². The van der Waals surface area contributed by atoms with Crippen LogP contribution in [0.4, 0.5) is 0 Å². The fourth-order valence-corrected chi connectivity index (χ4v) is 3.04. The maximum Gasteiger partial charge on any atom is 0.120 e. The Morgan fingerprint density at radius 2 is 2.00 bits per heavy atom. The Bertz CT molecular complexity index is 844. The first-order valence-electron chi connectivity index (χ1n) is 8.92. The van der Waals surface area contributed by atoms with Gasteiger partial charge in [-0.25, -0.2) is 0 Å². The summed E-state index contributed by atoms with van der Waals surface area (Å²) in [5.41, 5.74) is 4.15. The first-order chi connectivity index (χ1) is 12.2. The Labute approximate surface area is 149 Å². The van der Waals surface area contributed by atoms with Crippen molar-refractivity contribution in [1.29, 1.82) is 0 Å². The highest BCUT2D eigenvalue weighted by Crippen LogP contribution is 2.25. The van der Waals surface area contributed by atoms with Gasteiger partial charge < -0.3 is 9.84 Å². The summed E-state index contributed by atoms with van der Waals surface area (Å²) in [6, 6.07) is 16.1. The Kier molecular flexibility index (Phi) is 5.67. The van der Waals surface area contributed by atoms with Crippen LogP contribution in [0.1, 0.15) is 49.0 Å². The minimum Gasteiger partial charge on any atom is -0.489 e. The zero-order valence-electron chi connectivity index (χ0n) is 14.9. The standard InChI is InChI=1S/C22H25NO2/c1-3-4-10-21(24)18-8-5-7-17(13-18)15-25-20-12-16(2)22-19(14-20)9-6-11-23-22/h5-9,11-14,21,24H,3-4,10,15H2,1-2H3. The molecule has 0 fully saturated rings. The summed E-state index contributed by atoms with van der Waals surface area (Å²) in [7, 11) is 0. The second kappa shape index (κ2) is 8.13. The van der Waals surface area contributed by atoms with Crippen molar-refractivity contribution in [3.63, 3.8) is 0 Å². The molecule has 1 atom stereocenters. The average Bonchev–Trinajstić information content (AvgIpc) is 2.65. The number of aliphatic hydroxyl groups excluding tert-OH is 1. The van der Waals surface area contributed by atoms with Crippen molar-refractivity contribution in [2.75, 3.05) is 0 Å². The van der Waals surface area contributed by atoms with E-state index in [1.165, 1.54) is 0 Å². The van der Waals surface area contributed by atoms with Gasteiger partial charge in [-0.15, -0.1) is 0 Å². The van der Waals surface area contributed by atoms with E-state index in [9.17, 15) is 5.11 Å². The molecular formula is C22H25NO2. The lowest BCUT2D eigenvalue weighted by molar-refractivity contribution is 0.164. The number of unbranched alkanes of at least 4 members (excludes halogenated alkanes) is 1. The third-order valence-electron chi connectivity index (χ3n) is 4.44. The number of pyridine rings is 1. The lowest BCUT2D eigenvalue weighted by Gasteiger charge is -2.13. The fraction of sp³-hybridized carbons (Fsp3) is 0.318. The average molecular weight is 335 g/mol. The van der Waals surface area contributed by atoms with Gasteiger partial charge in [0, 0.05) is 11.6 Å². The molecule has 0 radical (unpaired) electrons. The first kappa shape index (κ1) is 17.4. The maximum absolute atomic E-state index is 10.3. The van der Waals surface area contributed by atoms with Gasteiger partial charge in [-0.2, -0.15) is 0 Å². The molecule has 130 valence electrons. The number of nitrogens with zero attached hydrogens (tertiary/aromatic N) is 1. The number of aryl methyl sites for hydroxylation is 1. The molecule has 0 aliphatic rings. The largest absolute Gasteiger partial charge is 0.489 e. The van der Waals surface area contributed by atoms with Crippen LogP contribution in [-0.4, -0.2) is 10.1 Å². The molecule has 1 heterocycles. The van der Waals surface area contributed by atoms with Gasteiger partial charge in [0.25, 0.3) is 0 Å². The molecule has 0 saturated carbocycles. The zero-order valence-corrected chi connectivity index (χ0v) is 14.9. The number of ether oxygens (including phenoxy) is 1. The molecule has 1 N–H and O–H groups in total. The van der Waals surface area contributed by atoms with Gasteiger partial charge in [0.2, 0.25) is 0 Å². The molecular weight excluding hydrogens is 310 g/mol. The molecule has 0 aliphatic carbocycles. The van der Waals surface area contributed by atoms with Crippen molar-refractivity contribution in [2.24, 2.45) is 0 Å². The fourth-order valence-electron chi connectivity index (χ4n) is 3.04. The van der Waals surface area contributed by atoms with Crippen molar-refractivity contribution in [3.8, 4) is 5.75 Å². The Morgan fingerprint density at radius 3 is 2.84 bits per heavy atom. The van der Waals surface area contributed by atoms with Crippen molar-refractivity contribution in [1.82, 2.24) is 4.98 Å². The van der Waals surface area contributed by atoms with Crippen molar-refractivity contribution in [2.45, 2.75) is 45.8 Å². The quantitative estimate of drug-likeness (QED) is 0.633. The Hall–Kier alpha value is -2.39. The predicted molar refractivity (Wildman–Crippen MR) is 102 cm³/mol. The number of aliphatic hydroxyl groups is 1. The van der Waals surface area contributed by atoms with E-state index in [1.54, 1.807) is 0 Å². The van der Waals surface area contributed by atoms with E-state index < -0.39 is 6.10 Å². The summed E-state index contributed by atoms with van der Waals surface area (Å²) < 4.78 is 5.99. The number of fused-ring (bicyclic) bond motifs is 1. The third-order valence-corrected chi connectivity index (χ3v) is 4.44. The van der Waals surface area contributed by atoms with E-state index in [0.717, 1.165) is 52.6 Å². The second-order valence-corrected chi connectivity index (χ2v) is 6.51. The van der Waals surface area contributed by atoms with E-state index in [0.29, 0.717) is 6.61 Å². The van der Waals surface area contributed by atoms with Crippen molar-refractivity contribution >= 4 is 10.9 Å². The summed E-state index contributed by atoms with van der Waals surface area (Å²) in [4.78, 5) is 4.41. The number of benzene rings is 2. The maximum atomic E-state index is 10.3. The van der Waals surface area contributed by atoms with Gasteiger partial charge in [0.05, 0.1) is 11.6 Å². The van der Waals surface area contributed by atoms with Crippen LogP contribution in [0.15, 0.2) is 54.7 Å². The zero-order chi connectivity index (χ0) is 17.6. The molecule has 25 heavy (non-hydrogen) atoms. The summed E-state index contributed by atoms with van der Waals surface area (Å²) in [6.07, 6.45) is 4.35. The SMILES string of the molecule is CCCCC(O)c1cccc(COc2cc(C)c3ncccc3c2)c1. The highest BCUT2D eigenvalue weighted by molar-refractivity contribution is 5.83. The molecule has 0 spiro atoms. The minimum atomic E-state index is -0.395. The highest BCUT2D eigenvalue weighted by atomic mass is 16.5. The van der Waals surface area contributed by atoms with Gasteiger partial charge in [0.15, 0.2) is 0 Å². The number of hydrogen-bond donors (Lipinski definition) is 1. The van der Waals surface area contributed by atoms with Crippen LogP contribution in [-0.2, 0) is 6.61 Å². The number of rotatable bonds is 7.